The van der Waals surface area contributed by atoms with Crippen LogP contribution in [0.2, 0.25) is 0 Å². The van der Waals surface area contributed by atoms with Crippen molar-refractivity contribution in [2.45, 2.75) is 0 Å². The second-order valence-corrected chi connectivity index (χ2v) is 2.82. The average Bonchev–Trinajstić information content (AvgIpc) is 2.25. The van der Waals surface area contributed by atoms with E-state index in [9.17, 15) is 4.79 Å². The Morgan fingerprint density at radius 2 is 1.80 bits per heavy atom. The molecule has 4 heteroatoms. The first-order chi connectivity index (χ1) is 7.17. The summed E-state index contributed by atoms with van der Waals surface area (Å²) < 4.78 is 0. The normalized spacial score (nSPS) is 13.6. The molecule has 78 valence electrons. The van der Waals surface area contributed by atoms with Crippen LogP contribution in [0.4, 0.5) is 0 Å². The Morgan fingerprint density at radius 1 is 1.13 bits per heavy atom. The monoisotopic (exact) mass is 206 g/mol. The van der Waals surface area contributed by atoms with Crippen molar-refractivity contribution in [3.05, 3.63) is 40.3 Å². The Labute approximate surface area is 85.7 Å². The molecule has 1 rings (SSSR count). The number of hydrogen-bond acceptors (Lipinski definition) is 3. The van der Waals surface area contributed by atoms with Gasteiger partial charge in [-0.05, 0) is 17.7 Å². The van der Waals surface area contributed by atoms with E-state index in [-0.39, 0.29) is 0 Å². The number of carboxylic acid groups (broad SMARTS) is 1. The molecule has 0 aliphatic carbocycles. The number of carboxylic acids is 1. The first kappa shape index (κ1) is 10.8. The molecule has 0 atom stereocenters. The van der Waals surface area contributed by atoms with Crippen LogP contribution in [-0.4, -0.2) is 21.3 Å². The van der Waals surface area contributed by atoms with Gasteiger partial charge in [0.15, 0.2) is 0 Å². The van der Waals surface area contributed by atoms with Gasteiger partial charge in [-0.15, -0.1) is 0 Å². The first-order valence-corrected chi connectivity index (χ1v) is 4.17. The molecule has 0 spiro atoms. The van der Waals surface area contributed by atoms with E-state index in [0.717, 1.165) is 18.6 Å². The standard InChI is InChI=1S/C11H10O4/c12-6-9-3-1-8(2-4-11(14)15)5-10(9)7-13/h1-7,12-13H,(H,14,15)/b4-2+,9-6?,10-7?. The molecule has 0 aliphatic rings. The topological polar surface area (TPSA) is 77.8 Å². The van der Waals surface area contributed by atoms with Crippen molar-refractivity contribution >= 4 is 24.6 Å². The number of aliphatic hydroxyl groups excluding tert-OH is 2. The van der Waals surface area contributed by atoms with Gasteiger partial charge in [-0.2, -0.15) is 0 Å². The van der Waals surface area contributed by atoms with E-state index in [4.69, 9.17) is 15.3 Å². The SMILES string of the molecule is O=C(O)/C=C/c1ccc(=CO)c(=CO)c1. The van der Waals surface area contributed by atoms with Gasteiger partial charge in [0.2, 0.25) is 0 Å². The summed E-state index contributed by atoms with van der Waals surface area (Å²) in [4.78, 5) is 10.3. The molecule has 0 amide bonds. The predicted octanol–water partition coefficient (Wildman–Crippen LogP) is 0.376. The number of benzene rings is 1. The zero-order valence-electron chi connectivity index (χ0n) is 7.79. The third-order valence-electron chi connectivity index (χ3n) is 1.81. The molecule has 0 saturated heterocycles. The van der Waals surface area contributed by atoms with Crippen molar-refractivity contribution in [3.8, 4) is 0 Å². The summed E-state index contributed by atoms with van der Waals surface area (Å²) in [7, 11) is 0. The highest BCUT2D eigenvalue weighted by Gasteiger charge is 1.91. The Kier molecular flexibility index (Phi) is 3.51. The molecule has 0 heterocycles. The van der Waals surface area contributed by atoms with Gasteiger partial charge >= 0.3 is 5.97 Å². The number of aliphatic carboxylic acids is 1. The van der Waals surface area contributed by atoms with E-state index in [2.05, 4.69) is 0 Å². The lowest BCUT2D eigenvalue weighted by atomic mass is 10.1. The number of rotatable bonds is 2. The van der Waals surface area contributed by atoms with Crippen LogP contribution in [0.1, 0.15) is 5.56 Å². The van der Waals surface area contributed by atoms with Crippen LogP contribution in [0.3, 0.4) is 0 Å². The highest BCUT2D eigenvalue weighted by atomic mass is 16.4. The van der Waals surface area contributed by atoms with Crippen LogP contribution >= 0.6 is 0 Å². The van der Waals surface area contributed by atoms with Gasteiger partial charge in [-0.25, -0.2) is 4.79 Å². The minimum atomic E-state index is -1.04. The molecule has 3 N–H and O–H groups in total. The van der Waals surface area contributed by atoms with Crippen molar-refractivity contribution in [2.24, 2.45) is 0 Å². The van der Waals surface area contributed by atoms with Crippen molar-refractivity contribution in [1.82, 2.24) is 0 Å². The van der Waals surface area contributed by atoms with Gasteiger partial charge in [-0.1, -0.05) is 12.1 Å². The van der Waals surface area contributed by atoms with Crippen LogP contribution in [0, 0.1) is 0 Å². The summed E-state index contributed by atoms with van der Waals surface area (Å²) in [6.45, 7) is 0. The van der Waals surface area contributed by atoms with Crippen molar-refractivity contribution in [2.75, 3.05) is 0 Å². The molecule has 0 radical (unpaired) electrons. The zero-order valence-corrected chi connectivity index (χ0v) is 7.79. The molecule has 0 bridgehead atoms. The summed E-state index contributed by atoms with van der Waals surface area (Å²) in [5.41, 5.74) is 0.628. The van der Waals surface area contributed by atoms with Crippen LogP contribution in [0.25, 0.3) is 18.6 Å². The summed E-state index contributed by atoms with van der Waals surface area (Å²) in [5.74, 6) is -1.04. The van der Waals surface area contributed by atoms with Crippen LogP contribution in [0.5, 0.6) is 0 Å². The first-order valence-electron chi connectivity index (χ1n) is 4.17. The molecule has 1 aromatic carbocycles. The lowest BCUT2D eigenvalue weighted by Gasteiger charge is -1.93. The van der Waals surface area contributed by atoms with Gasteiger partial charge in [0.25, 0.3) is 0 Å². The Balaban J connectivity index is 3.22. The lowest BCUT2D eigenvalue weighted by Crippen LogP contribution is -2.24. The summed E-state index contributed by atoms with van der Waals surface area (Å²) in [5, 5.41) is 26.9. The van der Waals surface area contributed by atoms with E-state index in [1.165, 1.54) is 6.08 Å². The maximum atomic E-state index is 10.3. The fourth-order valence-corrected chi connectivity index (χ4v) is 1.09. The second-order valence-electron chi connectivity index (χ2n) is 2.82. The van der Waals surface area contributed by atoms with Crippen LogP contribution in [-0.2, 0) is 4.79 Å². The molecule has 0 unspecified atom stereocenters. The quantitative estimate of drug-likeness (QED) is 0.611. The van der Waals surface area contributed by atoms with E-state index in [1.807, 2.05) is 0 Å². The molecule has 0 fully saturated rings. The molecule has 4 nitrogen and oxygen atoms in total. The smallest absolute Gasteiger partial charge is 0.328 e. The van der Waals surface area contributed by atoms with Gasteiger partial charge in [0.1, 0.15) is 0 Å². The Bertz CT molecular complexity index is 500. The Morgan fingerprint density at radius 3 is 2.33 bits per heavy atom. The summed E-state index contributed by atoms with van der Waals surface area (Å²) in [6.07, 6.45) is 4.11. The van der Waals surface area contributed by atoms with Crippen LogP contribution in [0.15, 0.2) is 24.3 Å². The second kappa shape index (κ2) is 4.85. The molecular weight excluding hydrogens is 196 g/mol. The van der Waals surface area contributed by atoms with Crippen molar-refractivity contribution < 1.29 is 20.1 Å². The molecule has 1 aromatic rings. The molecule has 0 aliphatic heterocycles. The van der Waals surface area contributed by atoms with E-state index >= 15 is 0 Å². The molecular formula is C11H10O4. The van der Waals surface area contributed by atoms with Crippen LogP contribution < -0.4 is 10.4 Å². The average molecular weight is 206 g/mol. The minimum absolute atomic E-state index is 0.421. The van der Waals surface area contributed by atoms with Gasteiger partial charge in [0, 0.05) is 16.5 Å². The predicted molar refractivity (Wildman–Crippen MR) is 56.5 cm³/mol. The van der Waals surface area contributed by atoms with Crippen molar-refractivity contribution in [3.63, 3.8) is 0 Å². The fourth-order valence-electron chi connectivity index (χ4n) is 1.09. The van der Waals surface area contributed by atoms with Crippen molar-refractivity contribution in [1.29, 1.82) is 0 Å². The summed E-state index contributed by atoms with van der Waals surface area (Å²) >= 11 is 0. The van der Waals surface area contributed by atoms with E-state index < -0.39 is 5.97 Å². The molecule has 15 heavy (non-hydrogen) atoms. The fraction of sp³-hybridized carbons (Fsp3) is 0. The third kappa shape index (κ3) is 2.87. The number of carbonyl (C=O) groups is 1. The number of aliphatic hydroxyl groups is 2. The van der Waals surface area contributed by atoms with Gasteiger partial charge < -0.3 is 15.3 Å². The van der Waals surface area contributed by atoms with Gasteiger partial charge in [-0.3, -0.25) is 0 Å². The van der Waals surface area contributed by atoms with Gasteiger partial charge in [0.05, 0.1) is 12.5 Å². The lowest BCUT2D eigenvalue weighted by molar-refractivity contribution is -0.131. The third-order valence-corrected chi connectivity index (χ3v) is 1.81. The molecule has 0 aromatic heterocycles. The highest BCUT2D eigenvalue weighted by molar-refractivity contribution is 5.85. The highest BCUT2D eigenvalue weighted by Crippen LogP contribution is 1.95. The summed E-state index contributed by atoms with van der Waals surface area (Å²) in [6, 6.07) is 4.76. The maximum absolute atomic E-state index is 10.3. The minimum Gasteiger partial charge on any atom is -0.515 e. The van der Waals surface area contributed by atoms with E-state index in [0.29, 0.717) is 16.0 Å². The van der Waals surface area contributed by atoms with E-state index in [1.54, 1.807) is 18.2 Å². The zero-order chi connectivity index (χ0) is 11.3. The molecule has 0 saturated carbocycles. The Hall–Kier alpha value is -2.23. The largest absolute Gasteiger partial charge is 0.515 e. The maximum Gasteiger partial charge on any atom is 0.328 e. The number of hydrogen-bond donors (Lipinski definition) is 3.